The molecule has 0 unspecified atom stereocenters. The van der Waals surface area contributed by atoms with Crippen LogP contribution in [0.25, 0.3) is 89.2 Å². The number of aromatic nitrogens is 2. The Hall–Kier alpha value is -6.58. The van der Waals surface area contributed by atoms with Crippen molar-refractivity contribution in [1.82, 2.24) is 9.97 Å². The molecule has 230 valence electrons. The van der Waals surface area contributed by atoms with Gasteiger partial charge in [0.05, 0.1) is 11.4 Å². The standard InChI is InChI=1S/C46H30N2O/c1-5-15-31(16-6-1)38-28-36(35-25-26-44-40(27-35)37-23-13-14-24-43(37)49-44)29-39(32-17-7-2-8-18-32)45(38)42-30-41(33-19-9-3-10-20-33)47-46(48-42)34-21-11-4-12-22-34/h1-30H. The van der Waals surface area contributed by atoms with Gasteiger partial charge in [0.1, 0.15) is 11.2 Å². The van der Waals surface area contributed by atoms with Crippen LogP contribution in [0.3, 0.4) is 0 Å². The van der Waals surface area contributed by atoms with Crippen LogP contribution in [0.4, 0.5) is 0 Å². The molecule has 0 spiro atoms. The molecule has 3 nitrogen and oxygen atoms in total. The summed E-state index contributed by atoms with van der Waals surface area (Å²) in [5, 5.41) is 2.22. The number of hydrogen-bond acceptors (Lipinski definition) is 3. The van der Waals surface area contributed by atoms with E-state index in [-0.39, 0.29) is 0 Å². The summed E-state index contributed by atoms with van der Waals surface area (Å²) in [6.07, 6.45) is 0. The highest BCUT2D eigenvalue weighted by atomic mass is 16.3. The summed E-state index contributed by atoms with van der Waals surface area (Å²) in [6, 6.07) is 63.4. The number of benzene rings is 7. The number of nitrogens with zero attached hydrogens (tertiary/aromatic N) is 2. The Morgan fingerprint density at radius 2 is 0.837 bits per heavy atom. The summed E-state index contributed by atoms with van der Waals surface area (Å²) in [5.74, 6) is 0.691. The molecule has 0 saturated heterocycles. The van der Waals surface area contributed by atoms with Gasteiger partial charge in [-0.3, -0.25) is 0 Å². The van der Waals surface area contributed by atoms with E-state index in [2.05, 4.69) is 146 Å². The maximum atomic E-state index is 6.19. The second-order valence-corrected chi connectivity index (χ2v) is 12.2. The van der Waals surface area contributed by atoms with Crippen LogP contribution in [-0.4, -0.2) is 9.97 Å². The highest BCUT2D eigenvalue weighted by Crippen LogP contribution is 2.44. The molecule has 0 atom stereocenters. The Labute approximate surface area is 284 Å². The summed E-state index contributed by atoms with van der Waals surface area (Å²) < 4.78 is 6.19. The van der Waals surface area contributed by atoms with Crippen molar-refractivity contribution in [3.05, 3.63) is 182 Å². The summed E-state index contributed by atoms with van der Waals surface area (Å²) in [7, 11) is 0. The van der Waals surface area contributed by atoms with Crippen LogP contribution in [0.15, 0.2) is 186 Å². The monoisotopic (exact) mass is 626 g/mol. The molecule has 49 heavy (non-hydrogen) atoms. The SMILES string of the molecule is c1ccc(-c2cc(-c3c(-c4ccccc4)cc(-c4ccc5oc6ccccc6c5c4)cc3-c3ccccc3)nc(-c3ccccc3)n2)cc1. The van der Waals surface area contributed by atoms with Crippen molar-refractivity contribution in [2.45, 2.75) is 0 Å². The number of furan rings is 1. The first kappa shape index (κ1) is 28.6. The molecule has 2 heterocycles. The van der Waals surface area contributed by atoms with Crippen LogP contribution in [-0.2, 0) is 0 Å². The summed E-state index contributed by atoms with van der Waals surface area (Å²) in [5.41, 5.74) is 13.3. The fourth-order valence-electron chi connectivity index (χ4n) is 6.73. The molecule has 0 aliphatic heterocycles. The molecule has 0 aliphatic carbocycles. The first-order valence-corrected chi connectivity index (χ1v) is 16.5. The van der Waals surface area contributed by atoms with E-state index in [9.17, 15) is 0 Å². The Balaban J connectivity index is 1.35. The quantitative estimate of drug-likeness (QED) is 0.184. The van der Waals surface area contributed by atoms with Crippen molar-refractivity contribution in [3.63, 3.8) is 0 Å². The van der Waals surface area contributed by atoms with E-state index in [1.807, 2.05) is 36.4 Å². The zero-order valence-corrected chi connectivity index (χ0v) is 26.6. The zero-order valence-electron chi connectivity index (χ0n) is 26.6. The lowest BCUT2D eigenvalue weighted by Gasteiger charge is -2.19. The van der Waals surface area contributed by atoms with Crippen molar-refractivity contribution < 1.29 is 4.42 Å². The van der Waals surface area contributed by atoms with E-state index in [1.165, 1.54) is 0 Å². The van der Waals surface area contributed by atoms with Crippen LogP contribution in [0.1, 0.15) is 0 Å². The third-order valence-electron chi connectivity index (χ3n) is 9.10. The predicted octanol–water partition coefficient (Wildman–Crippen LogP) is 12.4. The molecule has 2 aromatic heterocycles. The van der Waals surface area contributed by atoms with Gasteiger partial charge in [-0.15, -0.1) is 0 Å². The molecule has 0 radical (unpaired) electrons. The first-order chi connectivity index (χ1) is 24.3. The topological polar surface area (TPSA) is 38.9 Å². The van der Waals surface area contributed by atoms with Gasteiger partial charge in [0.15, 0.2) is 5.82 Å². The number of fused-ring (bicyclic) bond motifs is 3. The fourth-order valence-corrected chi connectivity index (χ4v) is 6.73. The molecule has 0 fully saturated rings. The van der Waals surface area contributed by atoms with Gasteiger partial charge in [-0.25, -0.2) is 9.97 Å². The lowest BCUT2D eigenvalue weighted by Crippen LogP contribution is -1.99. The second kappa shape index (κ2) is 12.2. The van der Waals surface area contributed by atoms with Gasteiger partial charge < -0.3 is 4.42 Å². The van der Waals surface area contributed by atoms with Crippen LogP contribution in [0, 0.1) is 0 Å². The van der Waals surface area contributed by atoms with Crippen LogP contribution in [0.5, 0.6) is 0 Å². The van der Waals surface area contributed by atoms with E-state index >= 15 is 0 Å². The van der Waals surface area contributed by atoms with Gasteiger partial charge in [-0.2, -0.15) is 0 Å². The molecule has 9 aromatic rings. The average molecular weight is 627 g/mol. The van der Waals surface area contributed by atoms with Crippen LogP contribution >= 0.6 is 0 Å². The number of para-hydroxylation sites is 1. The van der Waals surface area contributed by atoms with Crippen molar-refractivity contribution in [2.24, 2.45) is 0 Å². The molecule has 0 aliphatic rings. The number of hydrogen-bond donors (Lipinski definition) is 0. The van der Waals surface area contributed by atoms with Crippen molar-refractivity contribution in [2.75, 3.05) is 0 Å². The predicted molar refractivity (Wildman–Crippen MR) is 202 cm³/mol. The molecule has 0 N–H and O–H groups in total. The highest BCUT2D eigenvalue weighted by molar-refractivity contribution is 6.07. The molecule has 0 saturated carbocycles. The van der Waals surface area contributed by atoms with E-state index in [4.69, 9.17) is 14.4 Å². The van der Waals surface area contributed by atoms with E-state index in [1.54, 1.807) is 0 Å². The second-order valence-electron chi connectivity index (χ2n) is 12.2. The van der Waals surface area contributed by atoms with Gasteiger partial charge in [0, 0.05) is 27.5 Å². The van der Waals surface area contributed by atoms with E-state index in [0.29, 0.717) is 5.82 Å². The van der Waals surface area contributed by atoms with Gasteiger partial charge in [0.25, 0.3) is 0 Å². The van der Waals surface area contributed by atoms with Crippen molar-refractivity contribution in [3.8, 4) is 67.3 Å². The van der Waals surface area contributed by atoms with Gasteiger partial charge in [-0.05, 0) is 69.8 Å². The molecule has 0 bridgehead atoms. The van der Waals surface area contributed by atoms with Crippen LogP contribution < -0.4 is 0 Å². The summed E-state index contributed by atoms with van der Waals surface area (Å²) in [6.45, 7) is 0. The van der Waals surface area contributed by atoms with Gasteiger partial charge >= 0.3 is 0 Å². The maximum Gasteiger partial charge on any atom is 0.160 e. The summed E-state index contributed by atoms with van der Waals surface area (Å²) >= 11 is 0. The largest absolute Gasteiger partial charge is 0.456 e. The molecular formula is C46H30N2O. The van der Waals surface area contributed by atoms with E-state index < -0.39 is 0 Å². The Bertz CT molecular complexity index is 2460. The zero-order chi connectivity index (χ0) is 32.6. The molecule has 3 heteroatoms. The Morgan fingerprint density at radius 1 is 0.327 bits per heavy atom. The first-order valence-electron chi connectivity index (χ1n) is 16.5. The summed E-state index contributed by atoms with van der Waals surface area (Å²) in [4.78, 5) is 10.4. The molecule has 9 rings (SSSR count). The van der Waals surface area contributed by atoms with Gasteiger partial charge in [-0.1, -0.05) is 146 Å². The molecule has 0 amide bonds. The van der Waals surface area contributed by atoms with Crippen LogP contribution in [0.2, 0.25) is 0 Å². The highest BCUT2D eigenvalue weighted by Gasteiger charge is 2.21. The van der Waals surface area contributed by atoms with Gasteiger partial charge in [0.2, 0.25) is 0 Å². The third-order valence-corrected chi connectivity index (χ3v) is 9.10. The Morgan fingerprint density at radius 3 is 1.47 bits per heavy atom. The van der Waals surface area contributed by atoms with Crippen molar-refractivity contribution >= 4 is 21.9 Å². The third kappa shape index (κ3) is 5.38. The number of rotatable bonds is 6. The minimum Gasteiger partial charge on any atom is -0.456 e. The average Bonchev–Trinajstić information content (AvgIpc) is 3.57. The van der Waals surface area contributed by atoms with Crippen molar-refractivity contribution in [1.29, 1.82) is 0 Å². The molecule has 7 aromatic carbocycles. The smallest absolute Gasteiger partial charge is 0.160 e. The maximum absolute atomic E-state index is 6.19. The molecular weight excluding hydrogens is 597 g/mol. The minimum atomic E-state index is 0.691. The van der Waals surface area contributed by atoms with E-state index in [0.717, 1.165) is 83.4 Å². The minimum absolute atomic E-state index is 0.691. The lowest BCUT2D eigenvalue weighted by molar-refractivity contribution is 0.669. The normalized spacial score (nSPS) is 11.3. The Kier molecular flexibility index (Phi) is 7.14. The lowest BCUT2D eigenvalue weighted by atomic mass is 9.86. The fraction of sp³-hybridized carbons (Fsp3) is 0.